The van der Waals surface area contributed by atoms with Gasteiger partial charge in [0.15, 0.2) is 5.82 Å². The number of anilines is 1. The van der Waals surface area contributed by atoms with Gasteiger partial charge in [-0.05, 0) is 34.5 Å². The molecule has 2 aromatic rings. The number of hydrogen-bond donors (Lipinski definition) is 0. The van der Waals surface area contributed by atoms with E-state index in [1.165, 1.54) is 0 Å². The standard InChI is InChI=1S/C12H11BrF3N5/c1-7-2-3-17-10(9(7)13)20-4-5-21-8(6-20)18-19-11(21)12(14,15)16/h2-3H,4-6H2,1H3. The van der Waals surface area contributed by atoms with E-state index in [0.29, 0.717) is 18.2 Å². The number of halogens is 4. The molecule has 0 radical (unpaired) electrons. The first-order valence-corrected chi connectivity index (χ1v) is 7.02. The Balaban J connectivity index is 1.92. The number of hydrogen-bond acceptors (Lipinski definition) is 4. The van der Waals surface area contributed by atoms with E-state index < -0.39 is 12.0 Å². The smallest absolute Gasteiger partial charge is 0.346 e. The van der Waals surface area contributed by atoms with Crippen molar-refractivity contribution in [3.8, 4) is 0 Å². The van der Waals surface area contributed by atoms with Crippen molar-refractivity contribution in [2.75, 3.05) is 11.4 Å². The van der Waals surface area contributed by atoms with Gasteiger partial charge in [0.2, 0.25) is 5.82 Å². The quantitative estimate of drug-likeness (QED) is 0.783. The molecule has 112 valence electrons. The fourth-order valence-corrected chi connectivity index (χ4v) is 2.78. The average molecular weight is 362 g/mol. The van der Waals surface area contributed by atoms with Crippen LogP contribution in [0.1, 0.15) is 17.2 Å². The first-order chi connectivity index (χ1) is 9.88. The van der Waals surface area contributed by atoms with Crippen molar-refractivity contribution in [2.24, 2.45) is 0 Å². The minimum absolute atomic E-state index is 0.180. The molecule has 9 heteroatoms. The third kappa shape index (κ3) is 2.50. The lowest BCUT2D eigenvalue weighted by atomic mass is 10.2. The number of alkyl halides is 3. The first-order valence-electron chi connectivity index (χ1n) is 6.23. The molecule has 0 aromatic carbocycles. The monoisotopic (exact) mass is 361 g/mol. The van der Waals surface area contributed by atoms with Crippen LogP contribution < -0.4 is 4.90 Å². The highest BCUT2D eigenvalue weighted by Gasteiger charge is 2.39. The Morgan fingerprint density at radius 2 is 2.00 bits per heavy atom. The van der Waals surface area contributed by atoms with Gasteiger partial charge in [0.25, 0.3) is 0 Å². The van der Waals surface area contributed by atoms with Crippen molar-refractivity contribution in [1.29, 1.82) is 0 Å². The molecule has 2 aromatic heterocycles. The van der Waals surface area contributed by atoms with Crippen molar-refractivity contribution in [3.05, 3.63) is 33.9 Å². The highest BCUT2D eigenvalue weighted by molar-refractivity contribution is 9.10. The van der Waals surface area contributed by atoms with E-state index in [2.05, 4.69) is 31.1 Å². The van der Waals surface area contributed by atoms with Gasteiger partial charge in [0.05, 0.1) is 11.0 Å². The Morgan fingerprint density at radius 3 is 2.71 bits per heavy atom. The summed E-state index contributed by atoms with van der Waals surface area (Å²) in [6, 6.07) is 1.86. The summed E-state index contributed by atoms with van der Waals surface area (Å²) in [5.74, 6) is 0.0648. The van der Waals surface area contributed by atoms with Crippen LogP contribution in [-0.2, 0) is 19.3 Å². The van der Waals surface area contributed by atoms with Crippen LogP contribution in [0.25, 0.3) is 0 Å². The van der Waals surface area contributed by atoms with Crippen molar-refractivity contribution in [3.63, 3.8) is 0 Å². The van der Waals surface area contributed by atoms with Gasteiger partial charge in [0, 0.05) is 19.3 Å². The molecule has 0 saturated heterocycles. The molecule has 0 N–H and O–H groups in total. The van der Waals surface area contributed by atoms with Gasteiger partial charge in [-0.15, -0.1) is 10.2 Å². The summed E-state index contributed by atoms with van der Waals surface area (Å²) in [5.41, 5.74) is 1.02. The summed E-state index contributed by atoms with van der Waals surface area (Å²) in [7, 11) is 0. The Bertz CT molecular complexity index is 682. The summed E-state index contributed by atoms with van der Waals surface area (Å²) in [6.07, 6.45) is -2.80. The van der Waals surface area contributed by atoms with E-state index in [9.17, 15) is 13.2 Å². The van der Waals surface area contributed by atoms with Crippen LogP contribution in [0.4, 0.5) is 19.0 Å². The van der Waals surface area contributed by atoms with Gasteiger partial charge in [-0.1, -0.05) is 0 Å². The molecule has 0 unspecified atom stereocenters. The third-order valence-electron chi connectivity index (χ3n) is 3.37. The van der Waals surface area contributed by atoms with Crippen LogP contribution in [0.2, 0.25) is 0 Å². The van der Waals surface area contributed by atoms with Crippen LogP contribution in [0.3, 0.4) is 0 Å². The predicted molar refractivity (Wildman–Crippen MR) is 72.7 cm³/mol. The molecular weight excluding hydrogens is 351 g/mol. The summed E-state index contributed by atoms with van der Waals surface area (Å²) in [5, 5.41) is 6.93. The van der Waals surface area contributed by atoms with Gasteiger partial charge in [-0.25, -0.2) is 4.98 Å². The van der Waals surface area contributed by atoms with Crippen molar-refractivity contribution in [2.45, 2.75) is 26.2 Å². The maximum atomic E-state index is 12.8. The van der Waals surface area contributed by atoms with Crippen molar-refractivity contribution < 1.29 is 13.2 Å². The largest absolute Gasteiger partial charge is 0.451 e. The minimum atomic E-state index is -4.48. The molecular formula is C12H11BrF3N5. The van der Waals surface area contributed by atoms with Crippen LogP contribution in [0, 0.1) is 6.92 Å². The van der Waals surface area contributed by atoms with E-state index in [-0.39, 0.29) is 13.1 Å². The maximum absolute atomic E-state index is 12.8. The molecule has 21 heavy (non-hydrogen) atoms. The topological polar surface area (TPSA) is 46.8 Å². The van der Waals surface area contributed by atoms with E-state index in [0.717, 1.165) is 14.6 Å². The molecule has 0 saturated carbocycles. The second-order valence-electron chi connectivity index (χ2n) is 4.78. The highest BCUT2D eigenvalue weighted by Crippen LogP contribution is 2.32. The van der Waals surface area contributed by atoms with Gasteiger partial charge in [0.1, 0.15) is 5.82 Å². The third-order valence-corrected chi connectivity index (χ3v) is 4.35. The predicted octanol–water partition coefficient (Wildman–Crippen LogP) is 2.78. The fourth-order valence-electron chi connectivity index (χ4n) is 2.29. The number of rotatable bonds is 1. The molecule has 0 spiro atoms. The Morgan fingerprint density at radius 1 is 1.24 bits per heavy atom. The van der Waals surface area contributed by atoms with E-state index in [1.807, 2.05) is 17.9 Å². The molecule has 0 fully saturated rings. The molecule has 0 amide bonds. The van der Waals surface area contributed by atoms with Crippen LogP contribution in [0.5, 0.6) is 0 Å². The number of nitrogens with zero attached hydrogens (tertiary/aromatic N) is 5. The second-order valence-corrected chi connectivity index (χ2v) is 5.57. The van der Waals surface area contributed by atoms with Gasteiger partial charge < -0.3 is 9.47 Å². The Hall–Kier alpha value is -1.64. The lowest BCUT2D eigenvalue weighted by Crippen LogP contribution is -2.36. The zero-order valence-corrected chi connectivity index (χ0v) is 12.6. The summed E-state index contributed by atoms with van der Waals surface area (Å²) in [4.78, 5) is 6.18. The zero-order chi connectivity index (χ0) is 15.2. The van der Waals surface area contributed by atoms with Crippen LogP contribution in [0.15, 0.2) is 16.7 Å². The minimum Gasteiger partial charge on any atom is -0.346 e. The lowest BCUT2D eigenvalue weighted by Gasteiger charge is -2.29. The van der Waals surface area contributed by atoms with Gasteiger partial charge in [-0.3, -0.25) is 0 Å². The number of pyridine rings is 1. The van der Waals surface area contributed by atoms with Crippen LogP contribution >= 0.6 is 15.9 Å². The first kappa shape index (κ1) is 14.3. The fraction of sp³-hybridized carbons (Fsp3) is 0.417. The average Bonchev–Trinajstić information content (AvgIpc) is 2.84. The lowest BCUT2D eigenvalue weighted by molar-refractivity contribution is -0.147. The zero-order valence-electron chi connectivity index (χ0n) is 11.0. The summed E-state index contributed by atoms with van der Waals surface area (Å²) in [6.45, 7) is 2.78. The number of aromatic nitrogens is 4. The van der Waals surface area contributed by atoms with Gasteiger partial charge in [-0.2, -0.15) is 13.2 Å². The van der Waals surface area contributed by atoms with Crippen LogP contribution in [-0.4, -0.2) is 26.3 Å². The summed E-state index contributed by atoms with van der Waals surface area (Å²) < 4.78 is 40.3. The van der Waals surface area contributed by atoms with E-state index in [1.54, 1.807) is 6.20 Å². The maximum Gasteiger partial charge on any atom is 0.451 e. The van der Waals surface area contributed by atoms with Crippen molar-refractivity contribution >= 4 is 21.7 Å². The van der Waals surface area contributed by atoms with Crippen molar-refractivity contribution in [1.82, 2.24) is 19.7 Å². The number of aryl methyl sites for hydroxylation is 1. The summed E-state index contributed by atoms with van der Waals surface area (Å²) >= 11 is 3.47. The SMILES string of the molecule is Cc1ccnc(N2CCn3c(nnc3C(F)(F)F)C2)c1Br. The van der Waals surface area contributed by atoms with E-state index >= 15 is 0 Å². The molecule has 3 heterocycles. The molecule has 1 aliphatic rings. The molecule has 3 rings (SSSR count). The molecule has 0 aliphatic carbocycles. The molecule has 1 aliphatic heterocycles. The molecule has 0 bridgehead atoms. The number of fused-ring (bicyclic) bond motifs is 1. The molecule has 5 nitrogen and oxygen atoms in total. The van der Waals surface area contributed by atoms with E-state index in [4.69, 9.17) is 0 Å². The highest BCUT2D eigenvalue weighted by atomic mass is 79.9. The molecule has 0 atom stereocenters. The van der Waals surface area contributed by atoms with Gasteiger partial charge >= 0.3 is 6.18 Å². The second kappa shape index (κ2) is 4.97. The normalized spacial score (nSPS) is 15.2. The Kier molecular flexibility index (Phi) is 3.39. The Labute approximate surface area is 126 Å².